The van der Waals surface area contributed by atoms with Gasteiger partial charge in [0.2, 0.25) is 5.78 Å². The van der Waals surface area contributed by atoms with Crippen LogP contribution in [0, 0.1) is 18.7 Å². The number of carbonyl (C=O) groups is 2. The molecule has 0 amide bonds. The zero-order chi connectivity index (χ0) is 27.7. The van der Waals surface area contributed by atoms with Gasteiger partial charge in [0.25, 0.3) is 6.01 Å². The van der Waals surface area contributed by atoms with E-state index in [2.05, 4.69) is 10.3 Å². The summed E-state index contributed by atoms with van der Waals surface area (Å²) in [6.07, 6.45) is 1.67. The number of benzene rings is 2. The molecule has 1 atom stereocenters. The van der Waals surface area contributed by atoms with E-state index < -0.39 is 42.0 Å². The molecular weight excluding hydrogens is 532 g/mol. The molecule has 1 aliphatic heterocycles. The van der Waals surface area contributed by atoms with Gasteiger partial charge in [0.05, 0.1) is 12.0 Å². The maximum Gasteiger partial charge on any atom is 0.330 e. The van der Waals surface area contributed by atoms with Crippen LogP contribution >= 0.6 is 11.6 Å². The average Bonchev–Trinajstić information content (AvgIpc) is 3.59. The van der Waals surface area contributed by atoms with E-state index >= 15 is 8.78 Å². The summed E-state index contributed by atoms with van der Waals surface area (Å²) in [5.74, 6) is -5.80. The summed E-state index contributed by atoms with van der Waals surface area (Å²) >= 11 is 6.07. The van der Waals surface area contributed by atoms with Crippen molar-refractivity contribution in [3.63, 3.8) is 0 Å². The molecule has 1 saturated carbocycles. The first kappa shape index (κ1) is 27.5. The Labute approximate surface area is 229 Å². The molecular formula is C28H30ClF2N3O5. The number of carbonyl (C=O) groups excluding carboxylic acids is 1. The molecule has 2 fully saturated rings. The smallest absolute Gasteiger partial charge is 0.330 e. The number of halogens is 3. The molecule has 3 aromatic rings. The minimum atomic E-state index is -2.73. The zero-order valence-corrected chi connectivity index (χ0v) is 22.3. The van der Waals surface area contributed by atoms with Crippen LogP contribution < -0.4 is 5.32 Å². The normalized spacial score (nSPS) is 21.6. The average molecular weight is 562 g/mol. The van der Waals surface area contributed by atoms with Gasteiger partial charge in [-0.15, -0.1) is 0 Å². The Balaban J connectivity index is 1.35. The molecule has 1 saturated heterocycles. The second-order valence-corrected chi connectivity index (χ2v) is 10.7. The third-order valence-corrected chi connectivity index (χ3v) is 7.81. The van der Waals surface area contributed by atoms with Gasteiger partial charge in [-0.1, -0.05) is 23.7 Å². The van der Waals surface area contributed by atoms with Crippen LogP contribution in [0.3, 0.4) is 0 Å². The topological polar surface area (TPSA) is 105 Å². The Morgan fingerprint density at radius 2 is 1.92 bits per heavy atom. The van der Waals surface area contributed by atoms with Crippen molar-refractivity contribution in [3.8, 4) is 0 Å². The number of likely N-dealkylation sites (tertiary alicyclic amines) is 1. The van der Waals surface area contributed by atoms with E-state index in [4.69, 9.17) is 20.8 Å². The van der Waals surface area contributed by atoms with Crippen LogP contribution in [0.2, 0.25) is 5.02 Å². The summed E-state index contributed by atoms with van der Waals surface area (Å²) in [5, 5.41) is 12.7. The van der Waals surface area contributed by atoms with Gasteiger partial charge in [0, 0.05) is 30.2 Å². The number of aliphatic carboxylic acids is 1. The van der Waals surface area contributed by atoms with E-state index in [-0.39, 0.29) is 22.7 Å². The first-order valence-corrected chi connectivity index (χ1v) is 13.5. The number of nitrogens with one attached hydrogen (secondary N) is 1. The molecule has 2 aromatic carbocycles. The number of fused-ring (bicyclic) bond motifs is 1. The number of carboxylic acid groups (broad SMARTS) is 1. The lowest BCUT2D eigenvalue weighted by atomic mass is 9.87. The van der Waals surface area contributed by atoms with Crippen LogP contribution in [0.5, 0.6) is 0 Å². The molecule has 2 N–H and O–H groups in total. The summed E-state index contributed by atoms with van der Waals surface area (Å²) in [4.78, 5) is 30.3. The zero-order valence-electron chi connectivity index (χ0n) is 21.5. The van der Waals surface area contributed by atoms with Crippen molar-refractivity contribution in [2.24, 2.45) is 5.92 Å². The predicted octanol–water partition coefficient (Wildman–Crippen LogP) is 6.16. The minimum Gasteiger partial charge on any atom is -0.481 e. The van der Waals surface area contributed by atoms with Crippen molar-refractivity contribution in [2.75, 3.05) is 18.4 Å². The van der Waals surface area contributed by atoms with Crippen LogP contribution in [0.4, 0.5) is 20.5 Å². The lowest BCUT2D eigenvalue weighted by Crippen LogP contribution is -2.54. The Morgan fingerprint density at radius 1 is 1.21 bits per heavy atom. The second kappa shape index (κ2) is 11.2. The number of anilines is 2. The SMILES string of the molecule is Cc1ccc(Cl)cc1Nc1nc2ccc(CC(=O)C(F)(O[C@H]3CC[C@H](C(=O)O)CC3)N3CCCC3)c(F)c2o1. The van der Waals surface area contributed by atoms with Gasteiger partial charge in [-0.2, -0.15) is 9.37 Å². The molecule has 1 aliphatic carbocycles. The summed E-state index contributed by atoms with van der Waals surface area (Å²) in [5.41, 5.74) is 1.58. The van der Waals surface area contributed by atoms with E-state index in [1.165, 1.54) is 17.0 Å². The van der Waals surface area contributed by atoms with Crippen molar-refractivity contribution in [3.05, 3.63) is 52.3 Å². The molecule has 39 heavy (non-hydrogen) atoms. The Bertz CT molecular complexity index is 1390. The second-order valence-electron chi connectivity index (χ2n) is 10.3. The van der Waals surface area contributed by atoms with Crippen LogP contribution in [-0.4, -0.2) is 51.9 Å². The predicted molar refractivity (Wildman–Crippen MR) is 141 cm³/mol. The molecule has 1 unspecified atom stereocenters. The molecule has 208 valence electrons. The van der Waals surface area contributed by atoms with Crippen molar-refractivity contribution < 1.29 is 32.6 Å². The lowest BCUT2D eigenvalue weighted by molar-refractivity contribution is -0.252. The van der Waals surface area contributed by atoms with E-state index in [1.54, 1.807) is 12.1 Å². The number of ketones is 1. The molecule has 11 heteroatoms. The highest BCUT2D eigenvalue weighted by atomic mass is 35.5. The molecule has 0 radical (unpaired) electrons. The number of hydrogen-bond donors (Lipinski definition) is 2. The Morgan fingerprint density at radius 3 is 2.62 bits per heavy atom. The number of nitrogens with zero attached hydrogens (tertiary/aromatic N) is 2. The Kier molecular flexibility index (Phi) is 7.89. The standard InChI is InChI=1S/C28H30ClF2N3O5/c1-16-4-8-19(29)15-22(16)33-27-32-21-11-7-18(24(30)25(21)38-27)14-23(35)28(31,34-12-2-3-13-34)39-20-9-5-17(6-10-20)26(36)37/h4,7-8,11,15,17,20H,2-3,5-6,9-10,12-14H2,1H3,(H,32,33)(H,36,37)/t17-,20-,28?. The number of carboxylic acids is 1. The number of Topliss-reactive ketones (excluding diaryl/α,β-unsaturated/α-hetero) is 1. The van der Waals surface area contributed by atoms with Gasteiger partial charge in [-0.3, -0.25) is 9.59 Å². The van der Waals surface area contributed by atoms with Crippen molar-refractivity contribution in [1.82, 2.24) is 9.88 Å². The van der Waals surface area contributed by atoms with E-state index in [0.29, 0.717) is 62.3 Å². The van der Waals surface area contributed by atoms with Gasteiger partial charge in [0.15, 0.2) is 11.4 Å². The van der Waals surface area contributed by atoms with E-state index in [0.717, 1.165) is 5.56 Å². The molecule has 2 aliphatic rings. The number of ether oxygens (including phenoxy) is 1. The Hall–Kier alpha value is -3.08. The number of rotatable bonds is 9. The van der Waals surface area contributed by atoms with Gasteiger partial charge in [-0.25, -0.2) is 9.29 Å². The monoisotopic (exact) mass is 561 g/mol. The molecule has 0 bridgehead atoms. The molecule has 1 aromatic heterocycles. The van der Waals surface area contributed by atoms with E-state index in [1.807, 2.05) is 13.0 Å². The van der Waals surface area contributed by atoms with E-state index in [9.17, 15) is 14.7 Å². The largest absolute Gasteiger partial charge is 0.481 e. The van der Waals surface area contributed by atoms with Crippen molar-refractivity contribution >= 4 is 46.2 Å². The number of oxazole rings is 1. The quantitative estimate of drug-likeness (QED) is 0.299. The highest BCUT2D eigenvalue weighted by molar-refractivity contribution is 6.30. The molecule has 0 spiro atoms. The molecule has 2 heterocycles. The summed E-state index contributed by atoms with van der Waals surface area (Å²) in [7, 11) is 0. The number of aryl methyl sites for hydroxylation is 1. The maximum atomic E-state index is 16.4. The fraction of sp³-hybridized carbons (Fsp3) is 0.464. The summed E-state index contributed by atoms with van der Waals surface area (Å²) in [6.45, 7) is 2.55. The van der Waals surface area contributed by atoms with Crippen molar-refractivity contribution in [2.45, 2.75) is 64.0 Å². The van der Waals surface area contributed by atoms with Gasteiger partial charge >= 0.3 is 11.9 Å². The minimum absolute atomic E-state index is 0.0338. The van der Waals surface area contributed by atoms with Crippen LogP contribution in [0.15, 0.2) is 34.7 Å². The summed E-state index contributed by atoms with van der Waals surface area (Å²) < 4.78 is 43.3. The third kappa shape index (κ3) is 5.78. The first-order chi connectivity index (χ1) is 18.6. The number of aromatic nitrogens is 1. The summed E-state index contributed by atoms with van der Waals surface area (Å²) in [6, 6.07) is 8.23. The first-order valence-electron chi connectivity index (χ1n) is 13.1. The number of hydrogen-bond acceptors (Lipinski definition) is 7. The fourth-order valence-electron chi connectivity index (χ4n) is 5.29. The highest BCUT2D eigenvalue weighted by Crippen LogP contribution is 2.35. The van der Waals surface area contributed by atoms with Crippen molar-refractivity contribution in [1.29, 1.82) is 0 Å². The highest BCUT2D eigenvalue weighted by Gasteiger charge is 2.49. The van der Waals surface area contributed by atoms with Crippen LogP contribution in [0.1, 0.15) is 49.7 Å². The van der Waals surface area contributed by atoms with Gasteiger partial charge in [-0.05, 0) is 74.8 Å². The molecule has 8 nitrogen and oxygen atoms in total. The molecule has 5 rings (SSSR count). The maximum absolute atomic E-state index is 16.4. The third-order valence-electron chi connectivity index (χ3n) is 7.57. The van der Waals surface area contributed by atoms with Crippen LogP contribution in [0.25, 0.3) is 11.1 Å². The number of alkyl halides is 1. The lowest BCUT2D eigenvalue weighted by Gasteiger charge is -2.37. The van der Waals surface area contributed by atoms with Gasteiger partial charge < -0.3 is 19.6 Å². The fourth-order valence-corrected chi connectivity index (χ4v) is 5.46. The van der Waals surface area contributed by atoms with Gasteiger partial charge in [0.1, 0.15) is 5.52 Å². The van der Waals surface area contributed by atoms with Crippen LogP contribution in [-0.2, 0) is 20.7 Å².